The van der Waals surface area contributed by atoms with Gasteiger partial charge in [0.1, 0.15) is 0 Å². The molecule has 1 unspecified atom stereocenters. The van der Waals surface area contributed by atoms with E-state index < -0.39 is 5.60 Å². The van der Waals surface area contributed by atoms with Crippen LogP contribution in [0.15, 0.2) is 47.7 Å². The summed E-state index contributed by atoms with van der Waals surface area (Å²) in [4.78, 5) is 4.59. The third kappa shape index (κ3) is 6.80. The van der Waals surface area contributed by atoms with Gasteiger partial charge in [0, 0.05) is 18.9 Å². The first-order valence-electron chi connectivity index (χ1n) is 9.38. The van der Waals surface area contributed by atoms with Gasteiger partial charge in [0.15, 0.2) is 5.96 Å². The van der Waals surface area contributed by atoms with Gasteiger partial charge in [-0.25, -0.2) is 4.68 Å². The second-order valence-electron chi connectivity index (χ2n) is 6.54. The Hall–Kier alpha value is -1.61. The highest BCUT2D eigenvalue weighted by atomic mass is 127. The average molecular weight is 485 g/mol. The van der Waals surface area contributed by atoms with Gasteiger partial charge in [0.25, 0.3) is 0 Å². The zero-order chi connectivity index (χ0) is 19.0. The van der Waals surface area contributed by atoms with Gasteiger partial charge in [-0.3, -0.25) is 4.99 Å². The Balaban J connectivity index is 0.00000364. The van der Waals surface area contributed by atoms with Crippen LogP contribution >= 0.6 is 24.0 Å². The number of nitrogens with one attached hydrogen (secondary N) is 2. The smallest absolute Gasteiger partial charge is 0.191 e. The minimum Gasteiger partial charge on any atom is -0.388 e. The van der Waals surface area contributed by atoms with E-state index in [-0.39, 0.29) is 30.0 Å². The van der Waals surface area contributed by atoms with Gasteiger partial charge < -0.3 is 15.7 Å². The van der Waals surface area contributed by atoms with Gasteiger partial charge in [0.05, 0.1) is 23.9 Å². The van der Waals surface area contributed by atoms with Crippen LogP contribution < -0.4 is 10.6 Å². The molecule has 0 fully saturated rings. The standard InChI is InChI=1S/C20H31N5O.HI/c1-5-20(26,6-2)15-22-19(21-7-3)24-16(4)17-10-8-11-18(14-17)25-13-9-12-23-25;/h8-14,16,26H,5-7,15H2,1-4H3,(H2,21,22,24);1H. The van der Waals surface area contributed by atoms with E-state index in [2.05, 4.69) is 39.8 Å². The zero-order valence-corrected chi connectivity index (χ0v) is 19.0. The number of hydrogen-bond donors (Lipinski definition) is 3. The van der Waals surface area contributed by atoms with Gasteiger partial charge in [-0.15, -0.1) is 24.0 Å². The second kappa shape index (κ2) is 11.3. The molecule has 1 heterocycles. The van der Waals surface area contributed by atoms with E-state index in [4.69, 9.17) is 0 Å². The number of benzene rings is 1. The van der Waals surface area contributed by atoms with Crippen LogP contribution in [0.5, 0.6) is 0 Å². The zero-order valence-electron chi connectivity index (χ0n) is 16.6. The van der Waals surface area contributed by atoms with Crippen molar-refractivity contribution in [1.29, 1.82) is 0 Å². The predicted octanol–water partition coefficient (Wildman–Crippen LogP) is 3.66. The number of nitrogens with zero attached hydrogens (tertiary/aromatic N) is 3. The van der Waals surface area contributed by atoms with Crippen molar-refractivity contribution in [2.24, 2.45) is 4.99 Å². The summed E-state index contributed by atoms with van der Waals surface area (Å²) >= 11 is 0. The first-order valence-corrected chi connectivity index (χ1v) is 9.38. The fraction of sp³-hybridized carbons (Fsp3) is 0.500. The molecule has 0 bridgehead atoms. The van der Waals surface area contributed by atoms with Gasteiger partial charge in [-0.2, -0.15) is 5.10 Å². The largest absolute Gasteiger partial charge is 0.388 e. The SMILES string of the molecule is CCNC(=NCC(O)(CC)CC)NC(C)c1cccc(-n2cccn2)c1.I. The molecule has 0 aliphatic carbocycles. The minimum absolute atomic E-state index is 0. The molecule has 6 nitrogen and oxygen atoms in total. The van der Waals surface area contributed by atoms with Crippen molar-refractivity contribution in [3.8, 4) is 5.69 Å². The van der Waals surface area contributed by atoms with Gasteiger partial charge in [0.2, 0.25) is 0 Å². The summed E-state index contributed by atoms with van der Waals surface area (Å²) in [7, 11) is 0. The van der Waals surface area contributed by atoms with Crippen molar-refractivity contribution < 1.29 is 5.11 Å². The van der Waals surface area contributed by atoms with E-state index in [0.29, 0.717) is 25.3 Å². The quantitative estimate of drug-likeness (QED) is 0.303. The third-order valence-electron chi connectivity index (χ3n) is 4.68. The molecule has 2 rings (SSSR count). The molecule has 0 saturated carbocycles. The Kier molecular flexibility index (Phi) is 9.79. The molecule has 0 spiro atoms. The number of aliphatic imine (C=N–C) groups is 1. The first-order chi connectivity index (χ1) is 12.5. The maximum Gasteiger partial charge on any atom is 0.191 e. The molecule has 150 valence electrons. The molecule has 3 N–H and O–H groups in total. The lowest BCUT2D eigenvalue weighted by Gasteiger charge is -2.24. The van der Waals surface area contributed by atoms with Crippen LogP contribution in [0.1, 0.15) is 52.1 Å². The Bertz CT molecular complexity index is 698. The summed E-state index contributed by atoms with van der Waals surface area (Å²) in [6, 6.07) is 10.2. The summed E-state index contributed by atoms with van der Waals surface area (Å²) in [5.41, 5.74) is 1.42. The average Bonchev–Trinajstić information content (AvgIpc) is 3.21. The monoisotopic (exact) mass is 485 g/mol. The summed E-state index contributed by atoms with van der Waals surface area (Å²) in [6.45, 7) is 9.26. The number of aliphatic hydroxyl groups is 1. The van der Waals surface area contributed by atoms with Gasteiger partial charge >= 0.3 is 0 Å². The van der Waals surface area contributed by atoms with Crippen LogP contribution in [0.4, 0.5) is 0 Å². The minimum atomic E-state index is -0.744. The summed E-state index contributed by atoms with van der Waals surface area (Å²) in [6.07, 6.45) is 5.08. The van der Waals surface area contributed by atoms with E-state index in [0.717, 1.165) is 17.8 Å². The Morgan fingerprint density at radius 1 is 1.26 bits per heavy atom. The highest BCUT2D eigenvalue weighted by Gasteiger charge is 2.22. The van der Waals surface area contributed by atoms with E-state index in [1.165, 1.54) is 0 Å². The van der Waals surface area contributed by atoms with Crippen LogP contribution in [-0.2, 0) is 0 Å². The van der Waals surface area contributed by atoms with E-state index in [1.807, 2.05) is 49.8 Å². The van der Waals surface area contributed by atoms with Crippen molar-refractivity contribution in [1.82, 2.24) is 20.4 Å². The van der Waals surface area contributed by atoms with Crippen LogP contribution in [0, 0.1) is 0 Å². The molecular formula is C20H32IN5O. The van der Waals surface area contributed by atoms with Crippen LogP contribution in [0.2, 0.25) is 0 Å². The van der Waals surface area contributed by atoms with E-state index in [1.54, 1.807) is 6.20 Å². The lowest BCUT2D eigenvalue weighted by molar-refractivity contribution is 0.0418. The maximum absolute atomic E-state index is 10.5. The van der Waals surface area contributed by atoms with Crippen LogP contribution in [-0.4, -0.2) is 39.5 Å². The number of guanidine groups is 1. The molecule has 2 aromatic rings. The van der Waals surface area contributed by atoms with Crippen LogP contribution in [0.3, 0.4) is 0 Å². The van der Waals surface area contributed by atoms with Crippen molar-refractivity contribution in [2.75, 3.05) is 13.1 Å². The molecule has 1 atom stereocenters. The predicted molar refractivity (Wildman–Crippen MR) is 122 cm³/mol. The van der Waals surface area contributed by atoms with Gasteiger partial charge in [-0.1, -0.05) is 26.0 Å². The van der Waals surface area contributed by atoms with Crippen LogP contribution in [0.25, 0.3) is 5.69 Å². The molecule has 0 saturated heterocycles. The first kappa shape index (κ1) is 23.4. The Labute approximate surface area is 179 Å². The topological polar surface area (TPSA) is 74.5 Å². The Morgan fingerprint density at radius 3 is 2.59 bits per heavy atom. The lowest BCUT2D eigenvalue weighted by atomic mass is 9.98. The molecule has 7 heteroatoms. The molecule has 0 aliphatic rings. The van der Waals surface area contributed by atoms with Crippen molar-refractivity contribution in [2.45, 2.75) is 52.2 Å². The number of halogens is 1. The van der Waals surface area contributed by atoms with E-state index >= 15 is 0 Å². The highest BCUT2D eigenvalue weighted by molar-refractivity contribution is 14.0. The number of aromatic nitrogens is 2. The molecule has 1 aromatic carbocycles. The summed E-state index contributed by atoms with van der Waals surface area (Å²) in [5, 5.41) is 21.4. The molecule has 0 radical (unpaired) electrons. The lowest BCUT2D eigenvalue weighted by Crippen LogP contribution is -2.40. The molecule has 1 aromatic heterocycles. The number of rotatable bonds is 8. The molecular weight excluding hydrogens is 453 g/mol. The normalized spacial score (nSPS) is 13.0. The highest BCUT2D eigenvalue weighted by Crippen LogP contribution is 2.17. The van der Waals surface area contributed by atoms with Crippen molar-refractivity contribution in [3.63, 3.8) is 0 Å². The fourth-order valence-corrected chi connectivity index (χ4v) is 2.67. The van der Waals surface area contributed by atoms with Crippen molar-refractivity contribution in [3.05, 3.63) is 48.3 Å². The molecule has 0 aliphatic heterocycles. The molecule has 0 amide bonds. The molecule has 27 heavy (non-hydrogen) atoms. The fourth-order valence-electron chi connectivity index (χ4n) is 2.67. The number of hydrogen-bond acceptors (Lipinski definition) is 3. The second-order valence-corrected chi connectivity index (χ2v) is 6.54. The van der Waals surface area contributed by atoms with E-state index in [9.17, 15) is 5.11 Å². The van der Waals surface area contributed by atoms with Crippen molar-refractivity contribution >= 4 is 29.9 Å². The third-order valence-corrected chi connectivity index (χ3v) is 4.68. The Morgan fingerprint density at radius 2 is 2.00 bits per heavy atom. The summed E-state index contributed by atoms with van der Waals surface area (Å²) in [5.74, 6) is 0.713. The maximum atomic E-state index is 10.5. The summed E-state index contributed by atoms with van der Waals surface area (Å²) < 4.78 is 1.85. The van der Waals surface area contributed by atoms with Gasteiger partial charge in [-0.05, 0) is 50.5 Å².